The van der Waals surface area contributed by atoms with E-state index >= 15 is 0 Å². The minimum absolute atomic E-state index is 0. The van der Waals surface area contributed by atoms with Crippen molar-refractivity contribution >= 4 is 29.0 Å². The molecule has 0 aromatic carbocycles. The van der Waals surface area contributed by atoms with Crippen molar-refractivity contribution in [2.75, 3.05) is 0 Å². The summed E-state index contributed by atoms with van der Waals surface area (Å²) in [6, 6.07) is 0. The average Bonchev–Trinajstić information content (AvgIpc) is 1.82. The van der Waals surface area contributed by atoms with E-state index in [-0.39, 0.29) is 25.9 Å². The molecule has 0 saturated heterocycles. The Kier molecular flexibility index (Phi) is 8.95. The largest absolute Gasteiger partial charge is 2.00 e. The van der Waals surface area contributed by atoms with Gasteiger partial charge < -0.3 is 7.96 Å². The van der Waals surface area contributed by atoms with Gasteiger partial charge >= 0.3 is 29.0 Å². The number of rotatable bonds is 4. The molecule has 1 N–H and O–H groups in total. The molecule has 0 unspecified atom stereocenters. The minimum Gasteiger partial charge on any atom is -1.00 e. The molecular weight excluding hydrogens is 140 g/mol. The molecule has 0 heterocycles. The van der Waals surface area contributed by atoms with Gasteiger partial charge in [-0.25, -0.2) is 4.79 Å². The fourth-order valence-electron chi connectivity index (χ4n) is 0.497. The Hall–Kier alpha value is -0.0238. The van der Waals surface area contributed by atoms with Crippen LogP contribution in [0.15, 0.2) is 12.2 Å². The third kappa shape index (κ3) is 6.10. The zero-order valence-electron chi connectivity index (χ0n) is 8.39. The quantitative estimate of drug-likeness (QED) is 0.494. The van der Waals surface area contributed by atoms with E-state index in [2.05, 4.69) is 6.58 Å². The van der Waals surface area contributed by atoms with Crippen LogP contribution in [0.4, 0.5) is 0 Å². The maximum Gasteiger partial charge on any atom is 2.00 e. The minimum atomic E-state index is -0.872. The van der Waals surface area contributed by atoms with Crippen molar-refractivity contribution in [3.05, 3.63) is 12.2 Å². The van der Waals surface area contributed by atoms with Crippen LogP contribution < -0.4 is 0 Å². The van der Waals surface area contributed by atoms with Crippen LogP contribution in [0.1, 0.15) is 29.0 Å². The number of hydrogen-bond donors (Lipinski definition) is 1. The molecule has 3 heteroatoms. The van der Waals surface area contributed by atoms with Crippen LogP contribution in [0.25, 0.3) is 0 Å². The third-order valence-corrected chi connectivity index (χ3v) is 1.13. The molecule has 0 aliphatic carbocycles. The van der Waals surface area contributed by atoms with Crippen LogP contribution >= 0.6 is 0 Å². The first-order valence-corrected chi connectivity index (χ1v) is 3.09. The van der Waals surface area contributed by atoms with Gasteiger partial charge in [0.15, 0.2) is 0 Å². The number of hydrogen-bond acceptors (Lipinski definition) is 1. The molecule has 0 fully saturated rings. The number of carbonyl (C=O) groups is 1. The molecule has 0 saturated carbocycles. The summed E-state index contributed by atoms with van der Waals surface area (Å²) in [6.45, 7) is 5.42. The first kappa shape index (κ1) is 12.6. The first-order valence-electron chi connectivity index (χ1n) is 3.09. The van der Waals surface area contributed by atoms with Gasteiger partial charge in [-0.1, -0.05) is 19.9 Å². The third-order valence-electron chi connectivity index (χ3n) is 1.13. The van der Waals surface area contributed by atoms with Crippen molar-refractivity contribution < 1.29 is 12.8 Å². The van der Waals surface area contributed by atoms with Gasteiger partial charge in [0.25, 0.3) is 0 Å². The maximum absolute atomic E-state index is 10.1. The molecule has 0 spiro atoms. The second kappa shape index (κ2) is 7.09. The van der Waals surface area contributed by atoms with Crippen LogP contribution in [0.3, 0.4) is 0 Å². The predicted molar refractivity (Wildman–Crippen MR) is 44.3 cm³/mol. The molecule has 0 atom stereocenters. The fourth-order valence-corrected chi connectivity index (χ4v) is 0.497. The SMILES string of the molecule is C=C(CCCC)C(=O)O.[H-].[H-].[Mg+2]. The van der Waals surface area contributed by atoms with Crippen molar-refractivity contribution in [2.24, 2.45) is 0 Å². The van der Waals surface area contributed by atoms with E-state index in [1.165, 1.54) is 0 Å². The molecule has 2 nitrogen and oxygen atoms in total. The summed E-state index contributed by atoms with van der Waals surface area (Å²) >= 11 is 0. The van der Waals surface area contributed by atoms with E-state index in [1.807, 2.05) is 6.92 Å². The van der Waals surface area contributed by atoms with Gasteiger partial charge in [0.2, 0.25) is 0 Å². The Morgan fingerprint density at radius 1 is 1.70 bits per heavy atom. The normalized spacial score (nSPS) is 8.10. The fraction of sp³-hybridized carbons (Fsp3) is 0.571. The molecule has 0 radical (unpaired) electrons. The van der Waals surface area contributed by atoms with Crippen molar-refractivity contribution in [3.63, 3.8) is 0 Å². The van der Waals surface area contributed by atoms with Crippen LogP contribution in [0, 0.1) is 0 Å². The Morgan fingerprint density at radius 3 is 2.50 bits per heavy atom. The van der Waals surface area contributed by atoms with Crippen molar-refractivity contribution in [3.8, 4) is 0 Å². The van der Waals surface area contributed by atoms with E-state index in [1.54, 1.807) is 0 Å². The zero-order valence-corrected chi connectivity index (χ0v) is 7.81. The van der Waals surface area contributed by atoms with Gasteiger partial charge in [-0.2, -0.15) is 0 Å². The van der Waals surface area contributed by atoms with Gasteiger partial charge in [-0.05, 0) is 12.8 Å². The van der Waals surface area contributed by atoms with E-state index in [0.717, 1.165) is 12.8 Å². The van der Waals surface area contributed by atoms with E-state index in [9.17, 15) is 4.79 Å². The second-order valence-corrected chi connectivity index (χ2v) is 2.01. The number of unbranched alkanes of at least 4 members (excludes halogenated alkanes) is 1. The summed E-state index contributed by atoms with van der Waals surface area (Å²) in [6.07, 6.45) is 2.56. The molecule has 56 valence electrons. The molecule has 0 aromatic rings. The van der Waals surface area contributed by atoms with E-state index in [4.69, 9.17) is 5.11 Å². The van der Waals surface area contributed by atoms with Gasteiger partial charge in [0.1, 0.15) is 0 Å². The van der Waals surface area contributed by atoms with Gasteiger partial charge in [0, 0.05) is 5.57 Å². The van der Waals surface area contributed by atoms with Crippen LogP contribution in [0.2, 0.25) is 0 Å². The summed E-state index contributed by atoms with van der Waals surface area (Å²) in [4.78, 5) is 10.1. The van der Waals surface area contributed by atoms with Gasteiger partial charge in [-0.3, -0.25) is 0 Å². The second-order valence-electron chi connectivity index (χ2n) is 2.01. The maximum atomic E-state index is 10.1. The molecule has 0 aliphatic rings. The Morgan fingerprint density at radius 2 is 2.20 bits per heavy atom. The summed E-state index contributed by atoms with van der Waals surface area (Å²) in [5, 5.41) is 8.31. The van der Waals surface area contributed by atoms with Crippen LogP contribution in [-0.4, -0.2) is 34.1 Å². The van der Waals surface area contributed by atoms with Crippen LogP contribution in [0.5, 0.6) is 0 Å². The summed E-state index contributed by atoms with van der Waals surface area (Å²) in [7, 11) is 0. The number of carboxylic acids is 1. The average molecular weight is 154 g/mol. The summed E-state index contributed by atoms with van der Waals surface area (Å²) < 4.78 is 0. The van der Waals surface area contributed by atoms with Crippen LogP contribution in [-0.2, 0) is 4.79 Å². The van der Waals surface area contributed by atoms with Crippen molar-refractivity contribution in [1.82, 2.24) is 0 Å². The van der Waals surface area contributed by atoms with Gasteiger partial charge in [-0.15, -0.1) is 0 Å². The topological polar surface area (TPSA) is 37.3 Å². The monoisotopic (exact) mass is 154 g/mol. The smallest absolute Gasteiger partial charge is 1.00 e. The molecule has 0 aromatic heterocycles. The molecule has 0 bridgehead atoms. The van der Waals surface area contributed by atoms with Gasteiger partial charge in [0.05, 0.1) is 0 Å². The Balaban J connectivity index is -0.000000107. The molecule has 0 amide bonds. The molecular formula is C7H14MgO2. The Labute approximate surface area is 80.4 Å². The number of carboxylic acid groups (broad SMARTS) is 1. The van der Waals surface area contributed by atoms with Crippen molar-refractivity contribution in [1.29, 1.82) is 0 Å². The Bertz CT molecular complexity index is 129. The molecule has 0 aliphatic heterocycles. The van der Waals surface area contributed by atoms with E-state index < -0.39 is 5.97 Å². The standard InChI is InChI=1S/C7H12O2.Mg.2H/c1-3-4-5-6(2)7(8)9;;;/h2-5H2,1H3,(H,8,9);;;/q;+2;2*-1. The van der Waals surface area contributed by atoms with Crippen molar-refractivity contribution in [2.45, 2.75) is 26.2 Å². The predicted octanol–water partition coefficient (Wildman–Crippen LogP) is 1.66. The zero-order chi connectivity index (χ0) is 7.28. The summed E-state index contributed by atoms with van der Waals surface area (Å²) in [5.74, 6) is -0.872. The molecule has 10 heavy (non-hydrogen) atoms. The van der Waals surface area contributed by atoms with E-state index in [0.29, 0.717) is 12.0 Å². The first-order chi connectivity index (χ1) is 4.18. The number of aliphatic carboxylic acids is 1. The summed E-state index contributed by atoms with van der Waals surface area (Å²) in [5.41, 5.74) is 0.317. The molecule has 0 rings (SSSR count).